The number of amides is 1. The van der Waals surface area contributed by atoms with Crippen LogP contribution in [0.2, 0.25) is 5.02 Å². The number of halogens is 2. The Hall–Kier alpha value is -0.620. The lowest BCUT2D eigenvalue weighted by Crippen LogP contribution is -2.49. The Labute approximate surface area is 138 Å². The molecule has 3 N–H and O–H groups in total. The van der Waals surface area contributed by atoms with E-state index < -0.39 is 0 Å². The molecule has 2 aliphatic rings. The molecule has 2 aliphatic heterocycles. The van der Waals surface area contributed by atoms with Gasteiger partial charge in [-0.25, -0.2) is 0 Å². The molecule has 114 valence electrons. The molecular weight excluding hydrogens is 354 g/mol. The van der Waals surface area contributed by atoms with Gasteiger partial charge in [-0.3, -0.25) is 9.69 Å². The summed E-state index contributed by atoms with van der Waals surface area (Å²) in [7, 11) is 0. The number of anilines is 1. The maximum atomic E-state index is 12.3. The van der Waals surface area contributed by atoms with Crippen molar-refractivity contribution in [3.05, 3.63) is 27.7 Å². The number of nitrogens with one attached hydrogen (secondary N) is 1. The van der Waals surface area contributed by atoms with Crippen LogP contribution in [0.25, 0.3) is 0 Å². The maximum absolute atomic E-state index is 12.3. The summed E-state index contributed by atoms with van der Waals surface area (Å²) in [6.07, 6.45) is 4.32. The number of carbonyl (C=O) groups is 1. The van der Waals surface area contributed by atoms with Gasteiger partial charge in [0.1, 0.15) is 0 Å². The van der Waals surface area contributed by atoms with Crippen LogP contribution in [0, 0.1) is 0 Å². The molecule has 0 saturated carbocycles. The molecule has 0 aliphatic carbocycles. The third-order valence-electron chi connectivity index (χ3n) is 4.45. The number of rotatable bonds is 3. The van der Waals surface area contributed by atoms with Crippen molar-refractivity contribution in [2.45, 2.75) is 43.8 Å². The molecule has 1 amide bonds. The van der Waals surface area contributed by atoms with Crippen LogP contribution in [0.5, 0.6) is 0 Å². The van der Waals surface area contributed by atoms with Crippen molar-refractivity contribution in [1.82, 2.24) is 4.90 Å². The number of fused-ring (bicyclic) bond motifs is 2. The first-order valence-electron chi connectivity index (χ1n) is 7.29. The third kappa shape index (κ3) is 3.42. The maximum Gasteiger partial charge on any atom is 0.238 e. The molecule has 2 unspecified atom stereocenters. The average Bonchev–Trinajstić information content (AvgIpc) is 2.66. The van der Waals surface area contributed by atoms with Crippen LogP contribution < -0.4 is 11.1 Å². The minimum Gasteiger partial charge on any atom is -0.328 e. The first-order valence-corrected chi connectivity index (χ1v) is 8.46. The number of nitrogens with zero attached hydrogens (tertiary/aromatic N) is 1. The van der Waals surface area contributed by atoms with E-state index in [-0.39, 0.29) is 5.91 Å². The Bertz CT molecular complexity index is 540. The molecule has 6 heteroatoms. The molecule has 0 radical (unpaired) electrons. The van der Waals surface area contributed by atoms with Gasteiger partial charge in [0.25, 0.3) is 0 Å². The average molecular weight is 373 g/mol. The van der Waals surface area contributed by atoms with Gasteiger partial charge in [0.2, 0.25) is 5.91 Å². The van der Waals surface area contributed by atoms with E-state index in [9.17, 15) is 4.79 Å². The number of hydrogen-bond acceptors (Lipinski definition) is 3. The van der Waals surface area contributed by atoms with Gasteiger partial charge in [-0.15, -0.1) is 0 Å². The molecule has 0 aromatic heterocycles. The van der Waals surface area contributed by atoms with Crippen LogP contribution >= 0.6 is 27.5 Å². The van der Waals surface area contributed by atoms with Gasteiger partial charge >= 0.3 is 0 Å². The number of hydrogen-bond donors (Lipinski definition) is 2. The summed E-state index contributed by atoms with van der Waals surface area (Å²) in [5.41, 5.74) is 6.72. The highest BCUT2D eigenvalue weighted by Gasteiger charge is 2.40. The van der Waals surface area contributed by atoms with Crippen molar-refractivity contribution in [3.8, 4) is 0 Å². The Morgan fingerprint density at radius 3 is 2.67 bits per heavy atom. The first kappa shape index (κ1) is 15.3. The monoisotopic (exact) mass is 371 g/mol. The van der Waals surface area contributed by atoms with Crippen molar-refractivity contribution in [1.29, 1.82) is 0 Å². The summed E-state index contributed by atoms with van der Waals surface area (Å²) in [5.74, 6) is -0.00778. The van der Waals surface area contributed by atoms with E-state index in [4.69, 9.17) is 17.3 Å². The third-order valence-corrected chi connectivity index (χ3v) is 5.26. The normalized spacial score (nSPS) is 28.6. The SMILES string of the molecule is NC1CC2CCC(C1)N2CC(=O)Nc1ccc(Br)cc1Cl. The van der Waals surface area contributed by atoms with Gasteiger partial charge in [0, 0.05) is 22.6 Å². The van der Waals surface area contributed by atoms with Gasteiger partial charge in [0.15, 0.2) is 0 Å². The zero-order valence-electron chi connectivity index (χ0n) is 11.7. The van der Waals surface area contributed by atoms with Crippen LogP contribution in [-0.4, -0.2) is 35.5 Å². The molecular formula is C15H19BrClN3O. The van der Waals surface area contributed by atoms with Crippen molar-refractivity contribution < 1.29 is 4.79 Å². The summed E-state index contributed by atoms with van der Waals surface area (Å²) in [6.45, 7) is 0.425. The lowest BCUT2D eigenvalue weighted by molar-refractivity contribution is -0.118. The fourth-order valence-electron chi connectivity index (χ4n) is 3.52. The quantitative estimate of drug-likeness (QED) is 0.857. The summed E-state index contributed by atoms with van der Waals surface area (Å²) in [6, 6.07) is 6.68. The predicted molar refractivity (Wildman–Crippen MR) is 88.5 cm³/mol. The fraction of sp³-hybridized carbons (Fsp3) is 0.533. The Balaban J connectivity index is 1.62. The molecule has 2 bridgehead atoms. The summed E-state index contributed by atoms with van der Waals surface area (Å²) in [5, 5.41) is 3.44. The first-order chi connectivity index (χ1) is 10.0. The highest BCUT2D eigenvalue weighted by atomic mass is 79.9. The second kappa shape index (κ2) is 6.24. The van der Waals surface area contributed by atoms with E-state index in [0.717, 1.165) is 30.2 Å². The van der Waals surface area contributed by atoms with E-state index in [1.54, 1.807) is 6.07 Å². The number of piperidine rings is 1. The highest BCUT2D eigenvalue weighted by molar-refractivity contribution is 9.10. The van der Waals surface area contributed by atoms with Crippen LogP contribution in [0.3, 0.4) is 0 Å². The van der Waals surface area contributed by atoms with Gasteiger partial charge < -0.3 is 11.1 Å². The molecule has 4 nitrogen and oxygen atoms in total. The van der Waals surface area contributed by atoms with Crippen molar-refractivity contribution in [2.75, 3.05) is 11.9 Å². The van der Waals surface area contributed by atoms with Crippen LogP contribution in [0.4, 0.5) is 5.69 Å². The highest BCUT2D eigenvalue weighted by Crippen LogP contribution is 2.35. The Morgan fingerprint density at radius 2 is 2.05 bits per heavy atom. The molecule has 3 rings (SSSR count). The molecule has 2 heterocycles. The fourth-order valence-corrected chi connectivity index (χ4v) is 4.24. The van der Waals surface area contributed by atoms with E-state index in [0.29, 0.717) is 35.4 Å². The van der Waals surface area contributed by atoms with Gasteiger partial charge in [-0.05, 0) is 43.9 Å². The topological polar surface area (TPSA) is 58.4 Å². The second-order valence-corrected chi connectivity index (χ2v) is 7.28. The lowest BCUT2D eigenvalue weighted by Gasteiger charge is -2.37. The molecule has 1 aromatic carbocycles. The van der Waals surface area contributed by atoms with Crippen molar-refractivity contribution in [2.24, 2.45) is 5.73 Å². The Morgan fingerprint density at radius 1 is 1.38 bits per heavy atom. The molecule has 2 saturated heterocycles. The van der Waals surface area contributed by atoms with Crippen molar-refractivity contribution in [3.63, 3.8) is 0 Å². The Kier molecular flexibility index (Phi) is 4.54. The molecule has 2 atom stereocenters. The van der Waals surface area contributed by atoms with Gasteiger partial charge in [-0.2, -0.15) is 0 Å². The van der Waals surface area contributed by atoms with E-state index in [1.807, 2.05) is 12.1 Å². The molecule has 1 aromatic rings. The van der Waals surface area contributed by atoms with E-state index >= 15 is 0 Å². The number of carbonyl (C=O) groups excluding carboxylic acids is 1. The van der Waals surface area contributed by atoms with Crippen molar-refractivity contribution >= 4 is 39.1 Å². The molecule has 21 heavy (non-hydrogen) atoms. The second-order valence-electron chi connectivity index (χ2n) is 5.96. The van der Waals surface area contributed by atoms with Crippen LogP contribution in [-0.2, 0) is 4.79 Å². The summed E-state index contributed by atoms with van der Waals surface area (Å²) >= 11 is 9.48. The number of nitrogens with two attached hydrogens (primary N) is 1. The standard InChI is InChI=1S/C15H19BrClN3O/c16-9-1-4-14(13(17)5-9)19-15(21)8-20-11-2-3-12(20)7-10(18)6-11/h1,4-5,10-12H,2-3,6-8,18H2,(H,19,21). The smallest absolute Gasteiger partial charge is 0.238 e. The van der Waals surface area contributed by atoms with E-state index in [2.05, 4.69) is 26.1 Å². The molecule has 0 spiro atoms. The zero-order chi connectivity index (χ0) is 15.0. The van der Waals surface area contributed by atoms with E-state index in [1.165, 1.54) is 0 Å². The predicted octanol–water partition coefficient (Wildman–Crippen LogP) is 3.00. The van der Waals surface area contributed by atoms with Crippen LogP contribution in [0.1, 0.15) is 25.7 Å². The van der Waals surface area contributed by atoms with Gasteiger partial charge in [0.05, 0.1) is 17.3 Å². The largest absolute Gasteiger partial charge is 0.328 e. The summed E-state index contributed by atoms with van der Waals surface area (Å²) < 4.78 is 0.897. The minimum absolute atomic E-state index is 0.00778. The zero-order valence-corrected chi connectivity index (χ0v) is 14.0. The van der Waals surface area contributed by atoms with Gasteiger partial charge in [-0.1, -0.05) is 27.5 Å². The van der Waals surface area contributed by atoms with Crippen LogP contribution in [0.15, 0.2) is 22.7 Å². The lowest BCUT2D eigenvalue weighted by atomic mass is 9.98. The minimum atomic E-state index is -0.00778. The summed E-state index contributed by atoms with van der Waals surface area (Å²) in [4.78, 5) is 14.6. The molecule has 2 fully saturated rings. The number of benzene rings is 1.